The van der Waals surface area contributed by atoms with Crippen LogP contribution in [0.5, 0.6) is 5.75 Å². The first-order valence-electron chi connectivity index (χ1n) is 34.2. The monoisotopic (exact) mass is 1370 g/mol. The molecule has 0 bridgehead atoms. The highest BCUT2D eigenvalue weighted by molar-refractivity contribution is 8.00. The van der Waals surface area contributed by atoms with Crippen molar-refractivity contribution in [1.82, 2.24) is 4.98 Å². The van der Waals surface area contributed by atoms with Gasteiger partial charge in [-0.3, -0.25) is 30.0 Å². The number of para-hydroxylation sites is 4. The van der Waals surface area contributed by atoms with Crippen LogP contribution < -0.4 is 31.2 Å². The third-order valence-corrected chi connectivity index (χ3v) is 20.4. The first-order chi connectivity index (χ1) is 48.4. The van der Waals surface area contributed by atoms with Crippen molar-refractivity contribution in [3.8, 4) is 28.1 Å². The number of hydrogen-bond donors (Lipinski definition) is 10. The number of anilines is 3. The normalized spacial score (nSPS) is 15.1. The number of nitrogen functional groups attached to an aromatic ring is 2. The molecule has 520 valence electrons. The molecule has 1 atom stereocenters. The number of aromatic amines is 1. The first kappa shape index (κ1) is 72.7. The predicted octanol–water partition coefficient (Wildman–Crippen LogP) is 15.6. The molecule has 2 aromatic heterocycles. The lowest BCUT2D eigenvalue weighted by molar-refractivity contribution is -0.671. The Morgan fingerprint density at radius 2 is 1.30 bits per heavy atom. The summed E-state index contributed by atoms with van der Waals surface area (Å²) in [6.45, 7) is 10.9. The fraction of sp³-hybridized carbons (Fsp3) is 0.268. The van der Waals surface area contributed by atoms with Crippen LogP contribution in [-0.2, 0) is 43.0 Å². The van der Waals surface area contributed by atoms with Crippen molar-refractivity contribution >= 4 is 97.5 Å². The molecule has 19 heteroatoms. The largest absolute Gasteiger partial charge is 0.507 e. The summed E-state index contributed by atoms with van der Waals surface area (Å²) in [6, 6.07) is 53.7. The second-order valence-corrected chi connectivity index (χ2v) is 27.9. The molecular formula is C82H90N10O8S+2. The van der Waals surface area contributed by atoms with Crippen molar-refractivity contribution in [1.29, 1.82) is 10.8 Å². The number of amidine groups is 2. The van der Waals surface area contributed by atoms with Crippen LogP contribution in [0.2, 0.25) is 0 Å². The maximum atomic E-state index is 12.3. The van der Waals surface area contributed by atoms with Crippen LogP contribution in [0.4, 0.5) is 22.7 Å². The van der Waals surface area contributed by atoms with Gasteiger partial charge in [0.05, 0.1) is 22.2 Å². The molecule has 18 nitrogen and oxygen atoms in total. The summed E-state index contributed by atoms with van der Waals surface area (Å²) < 4.78 is 4.54. The number of nitrogens with one attached hydrogen (secondary N) is 4. The minimum Gasteiger partial charge on any atom is -0.507 e. The Hall–Kier alpha value is -11.1. The average Bonchev–Trinajstić information content (AvgIpc) is 1.65. The quantitative estimate of drug-likeness (QED) is 0.00637. The van der Waals surface area contributed by atoms with Gasteiger partial charge in [0.15, 0.2) is 11.9 Å². The molecule has 1 unspecified atom stereocenters. The number of H-pyrrole nitrogens is 1. The molecule has 12 N–H and O–H groups in total. The lowest BCUT2D eigenvalue weighted by Crippen LogP contribution is -2.35. The molecular weight excluding hydrogens is 1290 g/mol. The van der Waals surface area contributed by atoms with Crippen LogP contribution >= 0.6 is 11.8 Å². The Morgan fingerprint density at radius 3 is 2.00 bits per heavy atom. The van der Waals surface area contributed by atoms with Crippen molar-refractivity contribution < 1.29 is 48.7 Å². The summed E-state index contributed by atoms with van der Waals surface area (Å²) in [5.41, 5.74) is 27.7. The highest BCUT2D eigenvalue weighted by atomic mass is 32.2. The molecule has 0 saturated carbocycles. The Bertz CT molecular complexity index is 4740. The van der Waals surface area contributed by atoms with Crippen LogP contribution in [0.3, 0.4) is 0 Å². The number of hydrogen-bond acceptors (Lipinski definition) is 10. The fourth-order valence-electron chi connectivity index (χ4n) is 13.8. The van der Waals surface area contributed by atoms with Gasteiger partial charge < -0.3 is 52.0 Å². The number of phenols is 1. The molecule has 5 heterocycles. The number of carbonyl (C=O) groups excluding carboxylic acids is 1. The number of aromatic hydroxyl groups is 1. The van der Waals surface area contributed by atoms with E-state index in [1.54, 1.807) is 36.4 Å². The van der Waals surface area contributed by atoms with Gasteiger partial charge in [-0.1, -0.05) is 147 Å². The number of carboxylic acids is 3. The Kier molecular flexibility index (Phi) is 23.2. The number of fused-ring (bicyclic) bond motifs is 5. The third-order valence-electron chi connectivity index (χ3n) is 19.1. The summed E-state index contributed by atoms with van der Waals surface area (Å²) in [5, 5.41) is 58.0. The van der Waals surface area contributed by atoms with Crippen LogP contribution in [0.25, 0.3) is 44.2 Å². The fourth-order valence-corrected chi connectivity index (χ4v) is 15.1. The van der Waals surface area contributed by atoms with E-state index in [0.717, 1.165) is 56.1 Å². The first-order valence-corrected chi connectivity index (χ1v) is 35.1. The van der Waals surface area contributed by atoms with E-state index in [9.17, 15) is 24.3 Å². The minimum atomic E-state index is -0.962. The number of allylic oxidation sites excluding steroid dienone is 6. The number of nitrogens with two attached hydrogens (primary N) is 2. The molecule has 0 fully saturated rings. The van der Waals surface area contributed by atoms with E-state index in [1.807, 2.05) is 30.0 Å². The lowest BCUT2D eigenvalue weighted by atomic mass is 9.81. The highest BCUT2D eigenvalue weighted by Gasteiger charge is 2.43. The third kappa shape index (κ3) is 17.0. The Labute approximate surface area is 594 Å². The summed E-state index contributed by atoms with van der Waals surface area (Å²) in [6.07, 6.45) is 18.9. The van der Waals surface area contributed by atoms with Crippen molar-refractivity contribution in [2.24, 2.45) is 11.5 Å². The maximum absolute atomic E-state index is 12.3. The zero-order valence-electron chi connectivity index (χ0n) is 58.1. The van der Waals surface area contributed by atoms with Gasteiger partial charge in [0.25, 0.3) is 0 Å². The molecule has 0 spiro atoms. The molecule has 1 amide bonds. The van der Waals surface area contributed by atoms with Gasteiger partial charge in [0.2, 0.25) is 17.1 Å². The standard InChI is InChI=1S/C32H38N2O2.C27H26N6O4.C23H24N2O2S/c1-31(2)24-16-11-13-18-26(24)33(5)28(31)20-8-6-9-21-29-32(3,4)25-17-12-14-19-27(25)34(29)23-15-7-10-22-30(35)36;28-26(29)15-6-4-14(5-7-15)25-24(18-10-8-16(27(30)31)12-20(18)33-25)19-13-17(9-11-21(19)34)32-22(35)2-1-3-23(36)37;1-24-20-10-4-5-11-21(20)28-22(24)16-17-13-15-25(14-7-6-12-23(26)27)19-9-3-2-8-18(17)19/h6,8-9,11-14,16-21H,7,10,15,22-23H2,1-5H3;4-13,33-34H,1-3H2,(H3,28,29)(H3,30,31)(H,32,35)(H,36,37);2-5,8-11,13,15,22H,6-7,12,14,16H2,1H3/p+2. The molecule has 3 aliphatic heterocycles. The van der Waals surface area contributed by atoms with Crippen molar-refractivity contribution in [3.63, 3.8) is 0 Å². The van der Waals surface area contributed by atoms with Gasteiger partial charge in [-0.25, -0.2) is 0 Å². The molecule has 0 aliphatic carbocycles. The van der Waals surface area contributed by atoms with Crippen LogP contribution in [0.15, 0.2) is 211 Å². The van der Waals surface area contributed by atoms with E-state index in [2.05, 4.69) is 211 Å². The molecule has 0 saturated heterocycles. The minimum absolute atomic E-state index is 0.0120. The number of pyridine rings is 1. The number of benzene rings is 7. The van der Waals surface area contributed by atoms with Crippen molar-refractivity contribution in [3.05, 3.63) is 234 Å². The highest BCUT2D eigenvalue weighted by Crippen LogP contribution is 2.49. The van der Waals surface area contributed by atoms with E-state index < -0.39 is 17.9 Å². The van der Waals surface area contributed by atoms with Gasteiger partial charge in [0.1, 0.15) is 31.0 Å². The molecule has 3 aliphatic rings. The zero-order chi connectivity index (χ0) is 72.1. The predicted molar refractivity (Wildman–Crippen MR) is 406 cm³/mol. The van der Waals surface area contributed by atoms with E-state index in [1.165, 1.54) is 67.0 Å². The number of unbranched alkanes of at least 4 members (excludes halogenated alkanes) is 3. The Morgan fingerprint density at radius 1 is 0.653 bits per heavy atom. The summed E-state index contributed by atoms with van der Waals surface area (Å²) in [7, 11) is 4.32. The number of rotatable bonds is 25. The number of aliphatic carboxylic acids is 3. The lowest BCUT2D eigenvalue weighted by Gasteiger charge is -2.27. The number of aryl methyl sites for hydroxylation is 1. The summed E-state index contributed by atoms with van der Waals surface area (Å²) in [5.74, 6) is -2.87. The second kappa shape index (κ2) is 32.3. The number of carboxylic acid groups (broad SMARTS) is 3. The number of nitrogens with zero attached hydrogens (tertiary/aromatic N) is 4. The van der Waals surface area contributed by atoms with Crippen LogP contribution in [-0.4, -0.2) is 97.2 Å². The number of aromatic nitrogens is 2. The smallest absolute Gasteiger partial charge is 0.303 e. The second-order valence-electron chi connectivity index (χ2n) is 26.7. The van der Waals surface area contributed by atoms with E-state index in [0.29, 0.717) is 50.9 Å². The van der Waals surface area contributed by atoms with E-state index >= 15 is 0 Å². The number of carbonyl (C=O) groups is 4. The average molecular weight is 1380 g/mol. The maximum Gasteiger partial charge on any atom is 0.303 e. The van der Waals surface area contributed by atoms with Crippen molar-refractivity contribution in [2.75, 3.05) is 35.8 Å². The topological polar surface area (TPSA) is 290 Å². The molecule has 9 aromatic rings. The van der Waals surface area contributed by atoms with Gasteiger partial charge >= 0.3 is 17.9 Å². The van der Waals surface area contributed by atoms with Crippen LogP contribution in [0, 0.1) is 10.8 Å². The number of likely N-dealkylation sites (N-methyl/N-ethyl adjacent to an activating group) is 1. The number of phenolic OH excluding ortho intramolecular Hbond substituents is 1. The number of amides is 1. The number of thioether (sulfide) groups is 1. The van der Waals surface area contributed by atoms with Crippen LogP contribution in [0.1, 0.15) is 120 Å². The molecule has 0 radical (unpaired) electrons. The van der Waals surface area contributed by atoms with E-state index in [4.69, 9.17) is 37.6 Å². The molecule has 12 rings (SSSR count). The zero-order valence-corrected chi connectivity index (χ0v) is 58.9. The molecule has 101 heavy (non-hydrogen) atoms. The molecule has 7 aromatic carbocycles. The van der Waals surface area contributed by atoms with Gasteiger partial charge in [-0.15, -0.1) is 0 Å². The van der Waals surface area contributed by atoms with Gasteiger partial charge in [0, 0.05) is 148 Å². The van der Waals surface area contributed by atoms with Gasteiger partial charge in [-0.2, -0.15) is 9.14 Å². The summed E-state index contributed by atoms with van der Waals surface area (Å²) in [4.78, 5) is 54.1. The van der Waals surface area contributed by atoms with E-state index in [-0.39, 0.29) is 66.3 Å². The SMILES string of the molecule is CN1c2ccccc2SC1Cc1cc[n+](CCCCC(=O)O)c2ccccc12.C[N+]1=C(/C=C/C=C/C=C2\N(CCCCCC(=O)O)c3ccccc3C2(C)C)C(C)(C)c2ccccc21.N=C(N)c1ccc(-c2[nH]c3cc(C(=N)N)ccc3c2-c2cc(NC(=O)CCCC(=O)O)ccc2O)cc1. The van der Waals surface area contributed by atoms with Crippen molar-refractivity contribution in [2.45, 2.75) is 126 Å². The Balaban J connectivity index is 0.000000165. The van der Waals surface area contributed by atoms with Gasteiger partial charge in [-0.05, 0) is 111 Å². The summed E-state index contributed by atoms with van der Waals surface area (Å²) >= 11 is 1.93.